The first kappa shape index (κ1) is 26.1. The zero-order chi connectivity index (χ0) is 14.8. The topological polar surface area (TPSA) is 86.0 Å². The average Bonchev–Trinajstić information content (AvgIpc) is 2.75. The van der Waals surface area contributed by atoms with Gasteiger partial charge in [-0.15, -0.1) is 0 Å². The summed E-state index contributed by atoms with van der Waals surface area (Å²) in [6.07, 6.45) is 10.2. The molecule has 0 bridgehead atoms. The van der Waals surface area contributed by atoms with Gasteiger partial charge in [0.25, 0.3) is 0 Å². The molecule has 0 fully saturated rings. The fourth-order valence-electron chi connectivity index (χ4n) is 0.945. The number of carbonyl (C=O) groups excluding carboxylic acids is 1. The van der Waals surface area contributed by atoms with Crippen LogP contribution in [0, 0.1) is 20.0 Å². The number of esters is 1. The van der Waals surface area contributed by atoms with E-state index in [9.17, 15) is 4.79 Å². The van der Waals surface area contributed by atoms with E-state index in [1.54, 1.807) is 13.0 Å². The third-order valence-corrected chi connectivity index (χ3v) is 1.51. The summed E-state index contributed by atoms with van der Waals surface area (Å²) in [4.78, 5) is 11.2. The summed E-state index contributed by atoms with van der Waals surface area (Å²) in [7, 11) is 0. The molecule has 5 nitrogen and oxygen atoms in total. The molecule has 0 spiro atoms. The van der Waals surface area contributed by atoms with E-state index in [0.717, 1.165) is 6.42 Å². The molecule has 0 N–H and O–H groups in total. The smallest absolute Gasteiger partial charge is 0 e. The molecule has 1 aliphatic carbocycles. The molecule has 0 aromatic rings. The van der Waals surface area contributed by atoms with E-state index in [1.165, 1.54) is 0 Å². The Balaban J connectivity index is -0.000000142. The van der Waals surface area contributed by atoms with Crippen LogP contribution in [0.25, 0.3) is 0 Å². The van der Waals surface area contributed by atoms with E-state index in [2.05, 4.69) is 20.0 Å². The molecule has 0 atom stereocenters. The summed E-state index contributed by atoms with van der Waals surface area (Å²) in [5.41, 5.74) is 0.641. The van der Waals surface area contributed by atoms with Gasteiger partial charge in [0.15, 0.2) is 0 Å². The van der Waals surface area contributed by atoms with Gasteiger partial charge in [0.05, 0.1) is 12.2 Å². The Morgan fingerprint density at radius 2 is 1.74 bits per heavy atom. The van der Waals surface area contributed by atoms with Gasteiger partial charge in [-0.05, 0) is 19.4 Å². The molecule has 0 radical (unpaired) electrons. The van der Waals surface area contributed by atoms with Crippen LogP contribution >= 0.6 is 0 Å². The van der Waals surface area contributed by atoms with Crippen LogP contribution in [0.2, 0.25) is 0 Å². The molecule has 0 aliphatic heterocycles. The van der Waals surface area contributed by atoms with E-state index < -0.39 is 0 Å². The number of hydrogen-bond donors (Lipinski definition) is 0. The Morgan fingerprint density at radius 3 is 2.21 bits per heavy atom. The van der Waals surface area contributed by atoms with Crippen LogP contribution in [-0.4, -0.2) is 12.6 Å². The van der Waals surface area contributed by atoms with Crippen molar-refractivity contribution in [3.8, 4) is 0 Å². The van der Waals surface area contributed by atoms with Gasteiger partial charge in [-0.25, -0.2) is 4.79 Å². The van der Waals surface area contributed by atoms with Crippen molar-refractivity contribution >= 4 is 5.97 Å². The fourth-order valence-corrected chi connectivity index (χ4v) is 0.945. The summed E-state index contributed by atoms with van der Waals surface area (Å²) in [5, 5.41) is 0. The summed E-state index contributed by atoms with van der Waals surface area (Å²) >= 11 is 0. The van der Waals surface area contributed by atoms with Crippen LogP contribution in [0.3, 0.4) is 0 Å². The van der Waals surface area contributed by atoms with E-state index in [0.29, 0.717) is 12.2 Å². The van der Waals surface area contributed by atoms with Crippen molar-refractivity contribution in [2.75, 3.05) is 6.61 Å². The van der Waals surface area contributed by atoms with Crippen LogP contribution in [0.15, 0.2) is 36.0 Å². The number of hydrogen-bond acceptors (Lipinski definition) is 2. The molecule has 1 rings (SSSR count). The van der Waals surface area contributed by atoms with Crippen molar-refractivity contribution in [1.29, 1.82) is 0 Å². The van der Waals surface area contributed by atoms with Gasteiger partial charge in [-0.2, -0.15) is 0 Å². The van der Waals surface area contributed by atoms with Crippen LogP contribution in [0.5, 0.6) is 0 Å². The van der Waals surface area contributed by atoms with Gasteiger partial charge in [0, 0.05) is 17.4 Å². The maximum atomic E-state index is 11.2. The van der Waals surface area contributed by atoms with Crippen LogP contribution in [-0.2, 0) is 40.8 Å². The van der Waals surface area contributed by atoms with Gasteiger partial charge < -0.3 is 4.74 Å². The minimum Gasteiger partial charge on any atom is 0 e. The van der Waals surface area contributed by atoms with E-state index in [-0.39, 0.29) is 23.3 Å². The Kier molecular flexibility index (Phi) is 34.8. The zero-order valence-corrected chi connectivity index (χ0v) is 11.5. The maximum absolute atomic E-state index is 11.2. The molecular formula is C13H12CrO5. The predicted octanol–water partition coefficient (Wildman–Crippen LogP) is 1.88. The number of ether oxygens (including phenoxy) is 1. The number of rotatable bonds is 2. The SMILES string of the molecule is CCOC(=O)C1=CCC=CC=C1.[C-]#[O+].[C-]#[O+].[C-]#[O+].[Cr]. The second-order valence-electron chi connectivity index (χ2n) is 2.40. The van der Waals surface area contributed by atoms with Crippen LogP contribution < -0.4 is 0 Å². The molecule has 100 valence electrons. The summed E-state index contributed by atoms with van der Waals surface area (Å²) in [6.45, 7) is 15.7. The molecule has 0 aromatic heterocycles. The van der Waals surface area contributed by atoms with E-state index in [1.807, 2.05) is 24.3 Å². The van der Waals surface area contributed by atoms with Crippen molar-refractivity contribution in [2.45, 2.75) is 13.3 Å². The molecule has 19 heavy (non-hydrogen) atoms. The minimum atomic E-state index is -0.238. The van der Waals surface area contributed by atoms with E-state index >= 15 is 0 Å². The Hall–Kier alpha value is -1.56. The number of allylic oxidation sites excluding steroid dienone is 4. The van der Waals surface area contributed by atoms with Crippen molar-refractivity contribution in [1.82, 2.24) is 0 Å². The van der Waals surface area contributed by atoms with Crippen LogP contribution in [0.4, 0.5) is 0 Å². The average molecular weight is 300 g/mol. The second kappa shape index (κ2) is 25.3. The predicted molar refractivity (Wildman–Crippen MR) is 59.4 cm³/mol. The van der Waals surface area contributed by atoms with Gasteiger partial charge in [-0.1, -0.05) is 24.3 Å². The first-order chi connectivity index (χ1) is 8.84. The van der Waals surface area contributed by atoms with Crippen LogP contribution in [0.1, 0.15) is 13.3 Å². The maximum Gasteiger partial charge on any atom is 0 e. The molecule has 0 unspecified atom stereocenters. The quantitative estimate of drug-likeness (QED) is 0.443. The monoisotopic (exact) mass is 300 g/mol. The van der Waals surface area contributed by atoms with E-state index in [4.69, 9.17) is 18.7 Å². The molecule has 0 saturated heterocycles. The van der Waals surface area contributed by atoms with Gasteiger partial charge in [0.1, 0.15) is 0 Å². The fraction of sp³-hybridized carbons (Fsp3) is 0.231. The number of carbonyl (C=O) groups is 1. The summed E-state index contributed by atoms with van der Waals surface area (Å²) < 4.78 is 27.4. The molecule has 0 aromatic carbocycles. The van der Waals surface area contributed by atoms with Crippen molar-refractivity contribution < 1.29 is 40.8 Å². The molecule has 0 amide bonds. The molecule has 0 saturated carbocycles. The second-order valence-corrected chi connectivity index (χ2v) is 2.40. The Labute approximate surface area is 123 Å². The summed E-state index contributed by atoms with van der Waals surface area (Å²) in [6, 6.07) is 0. The first-order valence-corrected chi connectivity index (χ1v) is 4.66. The Morgan fingerprint density at radius 1 is 1.21 bits per heavy atom. The first-order valence-electron chi connectivity index (χ1n) is 4.66. The zero-order valence-electron chi connectivity index (χ0n) is 10.3. The van der Waals surface area contributed by atoms with Crippen molar-refractivity contribution in [3.05, 3.63) is 55.9 Å². The molecule has 1 aliphatic rings. The summed E-state index contributed by atoms with van der Waals surface area (Å²) in [5.74, 6) is -0.238. The standard InChI is InChI=1S/C10H12O2.3CO.Cr/c1-2-12-10(11)9-7-5-3-4-6-8-9;3*1-2;/h3-5,7-8H,2,6H2,1H3;;;;. The largest absolute Gasteiger partial charge is 0 e. The minimum absolute atomic E-state index is 0. The Bertz CT molecular complexity index is 347. The van der Waals surface area contributed by atoms with Crippen molar-refractivity contribution in [3.63, 3.8) is 0 Å². The molecular weight excluding hydrogens is 288 g/mol. The van der Waals surface area contributed by atoms with Gasteiger partial charge >= 0.3 is 39.9 Å². The molecule has 6 heteroatoms. The van der Waals surface area contributed by atoms with Gasteiger partial charge in [0.2, 0.25) is 0 Å². The van der Waals surface area contributed by atoms with Crippen molar-refractivity contribution in [2.24, 2.45) is 0 Å². The normalized spacial score (nSPS) is 9.95. The molecule has 0 heterocycles. The third kappa shape index (κ3) is 16.4. The third-order valence-electron chi connectivity index (χ3n) is 1.51. The van der Waals surface area contributed by atoms with Gasteiger partial charge in [-0.3, -0.25) is 0 Å².